The Morgan fingerprint density at radius 2 is 2.16 bits per heavy atom. The van der Waals surface area contributed by atoms with Gasteiger partial charge in [0, 0.05) is 32.1 Å². The van der Waals surface area contributed by atoms with Crippen LogP contribution in [0, 0.1) is 11.8 Å². The molecule has 1 rings (SSSR count). The van der Waals surface area contributed by atoms with Gasteiger partial charge >= 0.3 is 0 Å². The number of hydrogen-bond donors (Lipinski definition) is 2. The number of amides is 2. The third-order valence-electron chi connectivity index (χ3n) is 3.35. The number of nitrogens with two attached hydrogens (primary N) is 1. The minimum absolute atomic E-state index is 0. The second-order valence-electron chi connectivity index (χ2n) is 5.40. The molecule has 0 aromatic heterocycles. The van der Waals surface area contributed by atoms with Crippen molar-refractivity contribution in [2.75, 3.05) is 19.6 Å². The molecule has 1 heterocycles. The summed E-state index contributed by atoms with van der Waals surface area (Å²) in [5, 5.41) is 2.96. The van der Waals surface area contributed by atoms with Crippen molar-refractivity contribution in [2.24, 2.45) is 17.6 Å². The Bertz CT molecular complexity index is 310. The Hall–Kier alpha value is -0.810. The van der Waals surface area contributed by atoms with Gasteiger partial charge in [0.1, 0.15) is 0 Å². The van der Waals surface area contributed by atoms with Gasteiger partial charge in [0.2, 0.25) is 11.8 Å². The van der Waals surface area contributed by atoms with Gasteiger partial charge in [-0.1, -0.05) is 13.8 Å². The van der Waals surface area contributed by atoms with Gasteiger partial charge in [-0.05, 0) is 19.3 Å². The van der Waals surface area contributed by atoms with Gasteiger partial charge in [0.05, 0.1) is 5.92 Å². The average Bonchev–Trinajstić information content (AvgIpc) is 2.69. The van der Waals surface area contributed by atoms with E-state index in [1.165, 1.54) is 0 Å². The lowest BCUT2D eigenvalue weighted by Crippen LogP contribution is -2.44. The first-order chi connectivity index (χ1) is 8.47. The van der Waals surface area contributed by atoms with Crippen LogP contribution in [0.2, 0.25) is 0 Å². The first-order valence-corrected chi connectivity index (χ1v) is 6.76. The minimum Gasteiger partial charge on any atom is -0.352 e. The van der Waals surface area contributed by atoms with Crippen molar-refractivity contribution in [3.63, 3.8) is 0 Å². The van der Waals surface area contributed by atoms with E-state index in [1.54, 1.807) is 4.90 Å². The van der Waals surface area contributed by atoms with Crippen molar-refractivity contribution in [1.29, 1.82) is 0 Å². The second kappa shape index (κ2) is 8.38. The summed E-state index contributed by atoms with van der Waals surface area (Å²) >= 11 is 0. The molecule has 112 valence electrons. The minimum atomic E-state index is -0.210. The molecule has 0 aromatic rings. The van der Waals surface area contributed by atoms with E-state index in [2.05, 4.69) is 19.2 Å². The molecule has 0 aliphatic carbocycles. The van der Waals surface area contributed by atoms with Gasteiger partial charge in [-0.15, -0.1) is 12.4 Å². The lowest BCUT2D eigenvalue weighted by Gasteiger charge is -2.21. The van der Waals surface area contributed by atoms with E-state index in [9.17, 15) is 9.59 Å². The molecule has 1 aliphatic heterocycles. The van der Waals surface area contributed by atoms with E-state index in [1.807, 2.05) is 6.92 Å². The Kier molecular flexibility index (Phi) is 8.02. The first kappa shape index (κ1) is 18.2. The zero-order valence-electron chi connectivity index (χ0n) is 12.0. The molecule has 1 fully saturated rings. The van der Waals surface area contributed by atoms with Gasteiger partial charge in [0.15, 0.2) is 0 Å². The zero-order chi connectivity index (χ0) is 13.7. The van der Waals surface area contributed by atoms with Crippen LogP contribution >= 0.6 is 12.4 Å². The highest BCUT2D eigenvalue weighted by Crippen LogP contribution is 2.18. The Balaban J connectivity index is 0.00000324. The topological polar surface area (TPSA) is 75.4 Å². The molecule has 0 aromatic carbocycles. The largest absolute Gasteiger partial charge is 0.352 e. The number of halogens is 1. The maximum Gasteiger partial charge on any atom is 0.225 e. The van der Waals surface area contributed by atoms with Crippen molar-refractivity contribution >= 4 is 24.2 Å². The molecule has 1 aliphatic rings. The summed E-state index contributed by atoms with van der Waals surface area (Å²) in [6, 6.07) is 0.0169. The molecular formula is C13H26ClN3O2. The molecule has 19 heavy (non-hydrogen) atoms. The third kappa shape index (κ3) is 5.37. The quantitative estimate of drug-likeness (QED) is 0.759. The fourth-order valence-electron chi connectivity index (χ4n) is 2.36. The fourth-order valence-corrected chi connectivity index (χ4v) is 2.36. The molecule has 2 atom stereocenters. The maximum absolute atomic E-state index is 12.1. The number of hydrogen-bond acceptors (Lipinski definition) is 3. The SMILES string of the molecule is CCN1CC(C(=O)NC(CN)CC(C)C)CC1=O.Cl. The summed E-state index contributed by atoms with van der Waals surface area (Å²) in [4.78, 5) is 25.4. The van der Waals surface area contributed by atoms with E-state index < -0.39 is 0 Å². The lowest BCUT2D eigenvalue weighted by molar-refractivity contribution is -0.129. The summed E-state index contributed by atoms with van der Waals surface area (Å²) in [7, 11) is 0. The van der Waals surface area contributed by atoms with Crippen LogP contribution in [-0.4, -0.2) is 42.4 Å². The van der Waals surface area contributed by atoms with Crippen molar-refractivity contribution < 1.29 is 9.59 Å². The Morgan fingerprint density at radius 3 is 2.58 bits per heavy atom. The summed E-state index contributed by atoms with van der Waals surface area (Å²) in [5.41, 5.74) is 5.66. The number of carbonyl (C=O) groups excluding carboxylic acids is 2. The fraction of sp³-hybridized carbons (Fsp3) is 0.846. The summed E-state index contributed by atoms with van der Waals surface area (Å²) < 4.78 is 0. The molecule has 6 heteroatoms. The van der Waals surface area contributed by atoms with E-state index in [0.717, 1.165) is 6.42 Å². The molecule has 3 N–H and O–H groups in total. The van der Waals surface area contributed by atoms with Crippen LogP contribution in [0.5, 0.6) is 0 Å². The van der Waals surface area contributed by atoms with E-state index >= 15 is 0 Å². The van der Waals surface area contributed by atoms with Crippen LogP contribution in [0.25, 0.3) is 0 Å². The molecule has 0 radical (unpaired) electrons. The van der Waals surface area contributed by atoms with Crippen molar-refractivity contribution in [3.05, 3.63) is 0 Å². The Morgan fingerprint density at radius 1 is 1.53 bits per heavy atom. The molecule has 0 spiro atoms. The van der Waals surface area contributed by atoms with E-state index in [0.29, 0.717) is 32.0 Å². The van der Waals surface area contributed by atoms with Gasteiger partial charge in [-0.2, -0.15) is 0 Å². The maximum atomic E-state index is 12.1. The third-order valence-corrected chi connectivity index (χ3v) is 3.35. The summed E-state index contributed by atoms with van der Waals surface area (Å²) in [6.45, 7) is 7.80. The van der Waals surface area contributed by atoms with Crippen molar-refractivity contribution in [3.8, 4) is 0 Å². The number of nitrogens with zero attached hydrogens (tertiary/aromatic N) is 1. The lowest BCUT2D eigenvalue weighted by atomic mass is 10.0. The standard InChI is InChI=1S/C13H25N3O2.ClH/c1-4-16-8-10(6-12(16)17)13(18)15-11(7-14)5-9(2)3;/h9-11H,4-8,14H2,1-3H3,(H,15,18);1H. The van der Waals surface area contributed by atoms with E-state index in [4.69, 9.17) is 5.73 Å². The molecular weight excluding hydrogens is 266 g/mol. The van der Waals surface area contributed by atoms with Gasteiger partial charge in [0.25, 0.3) is 0 Å². The van der Waals surface area contributed by atoms with Crippen LogP contribution in [0.4, 0.5) is 0 Å². The molecule has 5 nitrogen and oxygen atoms in total. The van der Waals surface area contributed by atoms with Gasteiger partial charge in [-0.25, -0.2) is 0 Å². The predicted molar refractivity (Wildman–Crippen MR) is 78.0 cm³/mol. The van der Waals surface area contributed by atoms with Crippen molar-refractivity contribution in [1.82, 2.24) is 10.2 Å². The second-order valence-corrected chi connectivity index (χ2v) is 5.40. The highest BCUT2D eigenvalue weighted by Gasteiger charge is 2.33. The molecule has 2 unspecified atom stereocenters. The number of nitrogens with one attached hydrogen (secondary N) is 1. The molecule has 0 bridgehead atoms. The van der Waals surface area contributed by atoms with Crippen LogP contribution < -0.4 is 11.1 Å². The van der Waals surface area contributed by atoms with Crippen molar-refractivity contribution in [2.45, 2.75) is 39.7 Å². The van der Waals surface area contributed by atoms with Crippen LogP contribution in [-0.2, 0) is 9.59 Å². The van der Waals surface area contributed by atoms with Crippen LogP contribution in [0.1, 0.15) is 33.6 Å². The summed E-state index contributed by atoms with van der Waals surface area (Å²) in [5.74, 6) is 0.330. The highest BCUT2D eigenvalue weighted by molar-refractivity contribution is 5.89. The monoisotopic (exact) mass is 291 g/mol. The first-order valence-electron chi connectivity index (χ1n) is 6.76. The average molecular weight is 292 g/mol. The number of rotatable bonds is 6. The number of likely N-dealkylation sites (tertiary alicyclic amines) is 1. The van der Waals surface area contributed by atoms with Gasteiger partial charge < -0.3 is 16.0 Å². The Labute approximate surface area is 121 Å². The van der Waals surface area contributed by atoms with E-state index in [-0.39, 0.29) is 36.2 Å². The molecule has 1 saturated heterocycles. The number of carbonyl (C=O) groups is 2. The summed E-state index contributed by atoms with van der Waals surface area (Å²) in [6.07, 6.45) is 1.21. The smallest absolute Gasteiger partial charge is 0.225 e. The molecule has 0 saturated carbocycles. The molecule has 2 amide bonds. The zero-order valence-corrected chi connectivity index (χ0v) is 12.8. The predicted octanol–water partition coefficient (Wildman–Crippen LogP) is 0.766. The normalized spacial score (nSPS) is 20.4. The van der Waals surface area contributed by atoms with Crippen LogP contribution in [0.3, 0.4) is 0 Å². The highest BCUT2D eigenvalue weighted by atomic mass is 35.5. The van der Waals surface area contributed by atoms with Gasteiger partial charge in [-0.3, -0.25) is 9.59 Å². The van der Waals surface area contributed by atoms with Crippen LogP contribution in [0.15, 0.2) is 0 Å².